The summed E-state index contributed by atoms with van der Waals surface area (Å²) in [5.41, 5.74) is 0.632. The average molecular weight is 234 g/mol. The lowest BCUT2D eigenvalue weighted by Gasteiger charge is -2.19. The largest absolute Gasteiger partial charge is 0.392 e. The molecule has 6 heteroatoms. The van der Waals surface area contributed by atoms with E-state index in [2.05, 4.69) is 4.98 Å². The Morgan fingerprint density at radius 2 is 2.06 bits per heavy atom. The van der Waals surface area contributed by atoms with Gasteiger partial charge in [-0.15, -0.1) is 0 Å². The molecule has 0 saturated heterocycles. The van der Waals surface area contributed by atoms with Crippen LogP contribution in [0, 0.1) is 0 Å². The van der Waals surface area contributed by atoms with Crippen LogP contribution in [0.1, 0.15) is 12.0 Å². The van der Waals surface area contributed by atoms with Crippen LogP contribution in [0.25, 0.3) is 0 Å². The van der Waals surface area contributed by atoms with Gasteiger partial charge in [-0.2, -0.15) is 13.2 Å². The first-order valence-electron chi connectivity index (χ1n) is 4.76. The van der Waals surface area contributed by atoms with Crippen molar-refractivity contribution in [1.82, 2.24) is 4.98 Å². The van der Waals surface area contributed by atoms with Gasteiger partial charge in [-0.25, -0.2) is 4.98 Å². The summed E-state index contributed by atoms with van der Waals surface area (Å²) in [7, 11) is 1.55. The molecule has 0 aliphatic carbocycles. The van der Waals surface area contributed by atoms with Crippen LogP contribution in [-0.2, 0) is 6.61 Å². The molecule has 0 saturated carbocycles. The molecule has 0 unspecified atom stereocenters. The topological polar surface area (TPSA) is 36.4 Å². The van der Waals surface area contributed by atoms with Crippen molar-refractivity contribution in [3.05, 3.63) is 23.9 Å². The Labute approximate surface area is 91.5 Å². The van der Waals surface area contributed by atoms with Gasteiger partial charge in [-0.05, 0) is 11.6 Å². The zero-order valence-electron chi connectivity index (χ0n) is 8.83. The third-order valence-electron chi connectivity index (χ3n) is 2.11. The quantitative estimate of drug-likeness (QED) is 0.865. The third kappa shape index (κ3) is 4.06. The Bertz CT molecular complexity index is 324. The van der Waals surface area contributed by atoms with E-state index in [9.17, 15) is 13.2 Å². The van der Waals surface area contributed by atoms with E-state index >= 15 is 0 Å². The second kappa shape index (κ2) is 5.16. The van der Waals surface area contributed by atoms with Crippen LogP contribution in [0.5, 0.6) is 0 Å². The minimum absolute atomic E-state index is 0.125. The SMILES string of the molecule is CN(CCC(F)(F)F)c1ccc(CO)cn1. The first-order chi connectivity index (χ1) is 7.42. The molecule has 0 spiro atoms. The van der Waals surface area contributed by atoms with Crippen LogP contribution in [0.3, 0.4) is 0 Å². The van der Waals surface area contributed by atoms with Crippen LogP contribution in [0.15, 0.2) is 18.3 Å². The van der Waals surface area contributed by atoms with E-state index in [1.165, 1.54) is 11.1 Å². The number of hydrogen-bond acceptors (Lipinski definition) is 3. The molecule has 1 rings (SSSR count). The molecule has 0 aliphatic heterocycles. The maximum atomic E-state index is 12.0. The van der Waals surface area contributed by atoms with Gasteiger partial charge in [0.25, 0.3) is 0 Å². The Morgan fingerprint density at radius 1 is 1.38 bits per heavy atom. The van der Waals surface area contributed by atoms with E-state index < -0.39 is 12.6 Å². The lowest BCUT2D eigenvalue weighted by Crippen LogP contribution is -2.24. The van der Waals surface area contributed by atoms with Crippen molar-refractivity contribution in [2.24, 2.45) is 0 Å². The molecule has 1 heterocycles. The normalized spacial score (nSPS) is 11.6. The molecule has 0 radical (unpaired) electrons. The van der Waals surface area contributed by atoms with Gasteiger partial charge in [0.15, 0.2) is 0 Å². The molecule has 0 amide bonds. The van der Waals surface area contributed by atoms with Gasteiger partial charge in [0.1, 0.15) is 5.82 Å². The molecule has 0 aromatic carbocycles. The zero-order chi connectivity index (χ0) is 12.2. The van der Waals surface area contributed by atoms with Crippen LogP contribution < -0.4 is 4.90 Å². The molecule has 3 nitrogen and oxygen atoms in total. The van der Waals surface area contributed by atoms with Crippen LogP contribution >= 0.6 is 0 Å². The number of aromatic nitrogens is 1. The Hall–Kier alpha value is -1.30. The number of alkyl halides is 3. The molecule has 1 N–H and O–H groups in total. The van der Waals surface area contributed by atoms with Gasteiger partial charge < -0.3 is 10.0 Å². The van der Waals surface area contributed by atoms with E-state index in [4.69, 9.17) is 5.11 Å². The average Bonchev–Trinajstić information content (AvgIpc) is 2.25. The molecular formula is C10H13F3N2O. The fourth-order valence-corrected chi connectivity index (χ4v) is 1.15. The van der Waals surface area contributed by atoms with Crippen molar-refractivity contribution >= 4 is 5.82 Å². The number of nitrogens with zero attached hydrogens (tertiary/aromatic N) is 2. The van der Waals surface area contributed by atoms with Gasteiger partial charge >= 0.3 is 6.18 Å². The molecule has 0 fully saturated rings. The summed E-state index contributed by atoms with van der Waals surface area (Å²) in [5, 5.41) is 8.77. The maximum Gasteiger partial charge on any atom is 0.390 e. The van der Waals surface area contributed by atoms with Crippen LogP contribution in [0.4, 0.5) is 19.0 Å². The van der Waals surface area contributed by atoms with Crippen molar-refractivity contribution in [1.29, 1.82) is 0 Å². The first kappa shape index (κ1) is 12.8. The van der Waals surface area contributed by atoms with Crippen LogP contribution in [0.2, 0.25) is 0 Å². The standard InChI is InChI=1S/C10H13F3N2O/c1-15(5-4-10(11,12)13)9-3-2-8(7-16)6-14-9/h2-3,6,16H,4-5,7H2,1H3. The Morgan fingerprint density at radius 3 is 2.50 bits per heavy atom. The lowest BCUT2D eigenvalue weighted by molar-refractivity contribution is -0.132. The van der Waals surface area contributed by atoms with E-state index in [-0.39, 0.29) is 13.2 Å². The second-order valence-electron chi connectivity index (χ2n) is 3.47. The minimum Gasteiger partial charge on any atom is -0.392 e. The number of pyridine rings is 1. The van der Waals surface area contributed by atoms with E-state index in [0.29, 0.717) is 11.4 Å². The number of halogens is 3. The predicted molar refractivity (Wildman–Crippen MR) is 54.1 cm³/mol. The number of rotatable bonds is 4. The van der Waals surface area contributed by atoms with Gasteiger partial charge in [0, 0.05) is 19.8 Å². The Kier molecular flexibility index (Phi) is 4.12. The van der Waals surface area contributed by atoms with Crippen molar-refractivity contribution < 1.29 is 18.3 Å². The number of hydrogen-bond donors (Lipinski definition) is 1. The highest BCUT2D eigenvalue weighted by Crippen LogP contribution is 2.20. The van der Waals surface area contributed by atoms with E-state index in [1.807, 2.05) is 0 Å². The number of aliphatic hydroxyl groups excluding tert-OH is 1. The predicted octanol–water partition coefficient (Wildman–Crippen LogP) is 1.96. The van der Waals surface area contributed by atoms with Gasteiger partial charge in [-0.3, -0.25) is 0 Å². The summed E-state index contributed by atoms with van der Waals surface area (Å²) in [6.45, 7) is -0.255. The maximum absolute atomic E-state index is 12.0. The summed E-state index contributed by atoms with van der Waals surface area (Å²) in [5.74, 6) is 0.460. The highest BCUT2D eigenvalue weighted by Gasteiger charge is 2.27. The minimum atomic E-state index is -4.15. The second-order valence-corrected chi connectivity index (χ2v) is 3.47. The van der Waals surface area contributed by atoms with Crippen molar-refractivity contribution in [2.45, 2.75) is 19.2 Å². The molecule has 0 bridgehead atoms. The smallest absolute Gasteiger partial charge is 0.390 e. The molecule has 1 aromatic heterocycles. The summed E-state index contributed by atoms with van der Waals surface area (Å²) in [6, 6.07) is 3.22. The van der Waals surface area contributed by atoms with Gasteiger partial charge in [0.05, 0.1) is 13.0 Å². The summed E-state index contributed by atoms with van der Waals surface area (Å²) in [4.78, 5) is 5.37. The molecule has 0 aliphatic rings. The van der Waals surface area contributed by atoms with E-state index in [0.717, 1.165) is 0 Å². The van der Waals surface area contributed by atoms with Gasteiger partial charge in [-0.1, -0.05) is 6.07 Å². The third-order valence-corrected chi connectivity index (χ3v) is 2.11. The molecule has 1 aromatic rings. The highest BCUT2D eigenvalue weighted by atomic mass is 19.4. The molecule has 0 atom stereocenters. The fraction of sp³-hybridized carbons (Fsp3) is 0.500. The highest BCUT2D eigenvalue weighted by molar-refractivity contribution is 5.38. The van der Waals surface area contributed by atoms with Crippen molar-refractivity contribution in [2.75, 3.05) is 18.5 Å². The lowest BCUT2D eigenvalue weighted by atomic mass is 10.3. The summed E-state index contributed by atoms with van der Waals surface area (Å²) >= 11 is 0. The summed E-state index contributed by atoms with van der Waals surface area (Å²) in [6.07, 6.45) is -3.58. The molecule has 90 valence electrons. The Balaban J connectivity index is 2.56. The first-order valence-corrected chi connectivity index (χ1v) is 4.76. The monoisotopic (exact) mass is 234 g/mol. The van der Waals surface area contributed by atoms with Crippen molar-refractivity contribution in [3.63, 3.8) is 0 Å². The van der Waals surface area contributed by atoms with Gasteiger partial charge in [0.2, 0.25) is 0 Å². The summed E-state index contributed by atoms with van der Waals surface area (Å²) < 4.78 is 35.9. The fourth-order valence-electron chi connectivity index (χ4n) is 1.15. The molecule has 16 heavy (non-hydrogen) atoms. The number of anilines is 1. The van der Waals surface area contributed by atoms with E-state index in [1.54, 1.807) is 19.2 Å². The van der Waals surface area contributed by atoms with Crippen LogP contribution in [-0.4, -0.2) is 29.9 Å². The number of aliphatic hydroxyl groups is 1. The zero-order valence-corrected chi connectivity index (χ0v) is 8.83. The molecular weight excluding hydrogens is 221 g/mol. The van der Waals surface area contributed by atoms with Crippen molar-refractivity contribution in [3.8, 4) is 0 Å².